The van der Waals surface area contributed by atoms with Crippen molar-refractivity contribution in [3.63, 3.8) is 0 Å². The van der Waals surface area contributed by atoms with Gasteiger partial charge in [0.15, 0.2) is 0 Å². The van der Waals surface area contributed by atoms with Gasteiger partial charge >= 0.3 is 5.97 Å². The zero-order valence-electron chi connectivity index (χ0n) is 9.46. The molecule has 1 atom stereocenters. The number of carbonyl (C=O) groups is 1. The van der Waals surface area contributed by atoms with Crippen molar-refractivity contribution in [1.82, 2.24) is 5.32 Å². The van der Waals surface area contributed by atoms with Crippen LogP contribution in [0.15, 0.2) is 0 Å². The number of unbranched alkanes of at least 4 members (excludes halogenated alkanes) is 1. The lowest BCUT2D eigenvalue weighted by molar-refractivity contribution is -0.151. The number of carbonyl (C=O) groups excluding carboxylic acids is 1. The summed E-state index contributed by atoms with van der Waals surface area (Å²) in [6.45, 7) is 4.58. The molecule has 0 saturated carbocycles. The quantitative estimate of drug-likeness (QED) is 0.532. The Balaban J connectivity index is 2.00. The van der Waals surface area contributed by atoms with E-state index in [2.05, 4.69) is 12.2 Å². The molecule has 1 aliphatic rings. The fourth-order valence-electron chi connectivity index (χ4n) is 1.52. The Morgan fingerprint density at radius 1 is 1.53 bits per heavy atom. The van der Waals surface area contributed by atoms with E-state index in [4.69, 9.17) is 9.47 Å². The zero-order valence-corrected chi connectivity index (χ0v) is 9.46. The van der Waals surface area contributed by atoms with Gasteiger partial charge in [0.05, 0.1) is 12.7 Å². The first kappa shape index (κ1) is 12.5. The van der Waals surface area contributed by atoms with Gasteiger partial charge in [-0.05, 0) is 25.8 Å². The molecule has 1 fully saturated rings. The standard InChI is InChI=1S/C11H21NO3/c1-2-3-7-14-11(13)9-15-10-5-4-6-12-8-10/h10,12H,2-9H2,1H3. The van der Waals surface area contributed by atoms with Gasteiger partial charge in [0.1, 0.15) is 6.61 Å². The number of hydrogen-bond acceptors (Lipinski definition) is 4. The summed E-state index contributed by atoms with van der Waals surface area (Å²) >= 11 is 0. The van der Waals surface area contributed by atoms with Gasteiger partial charge in [0, 0.05) is 6.54 Å². The van der Waals surface area contributed by atoms with Crippen LogP contribution in [0.4, 0.5) is 0 Å². The molecule has 0 amide bonds. The monoisotopic (exact) mass is 215 g/mol. The van der Waals surface area contributed by atoms with E-state index < -0.39 is 0 Å². The number of ether oxygens (including phenoxy) is 2. The lowest BCUT2D eigenvalue weighted by atomic mass is 10.1. The largest absolute Gasteiger partial charge is 0.464 e. The second kappa shape index (κ2) is 7.65. The molecule has 4 heteroatoms. The molecular weight excluding hydrogens is 194 g/mol. The van der Waals surface area contributed by atoms with Gasteiger partial charge in [-0.15, -0.1) is 0 Å². The van der Waals surface area contributed by atoms with Gasteiger partial charge in [-0.3, -0.25) is 0 Å². The van der Waals surface area contributed by atoms with E-state index >= 15 is 0 Å². The van der Waals surface area contributed by atoms with Gasteiger partial charge in [-0.25, -0.2) is 4.79 Å². The van der Waals surface area contributed by atoms with E-state index in [1.165, 1.54) is 0 Å². The van der Waals surface area contributed by atoms with E-state index in [9.17, 15) is 4.79 Å². The van der Waals surface area contributed by atoms with Crippen LogP contribution >= 0.6 is 0 Å². The number of hydrogen-bond donors (Lipinski definition) is 1. The van der Waals surface area contributed by atoms with Crippen LogP contribution in [0.25, 0.3) is 0 Å². The molecule has 0 aliphatic carbocycles. The van der Waals surface area contributed by atoms with Gasteiger partial charge in [-0.2, -0.15) is 0 Å². The van der Waals surface area contributed by atoms with Gasteiger partial charge in [0.25, 0.3) is 0 Å². The summed E-state index contributed by atoms with van der Waals surface area (Å²) in [6, 6.07) is 0. The Labute approximate surface area is 91.3 Å². The van der Waals surface area contributed by atoms with Crippen LogP contribution < -0.4 is 5.32 Å². The van der Waals surface area contributed by atoms with Crippen molar-refractivity contribution in [3.8, 4) is 0 Å². The first-order chi connectivity index (χ1) is 7.33. The molecule has 4 nitrogen and oxygen atoms in total. The Kier molecular flexibility index (Phi) is 6.36. The van der Waals surface area contributed by atoms with Gasteiger partial charge < -0.3 is 14.8 Å². The summed E-state index contributed by atoms with van der Waals surface area (Å²) in [7, 11) is 0. The molecule has 1 N–H and O–H groups in total. The van der Waals surface area contributed by atoms with Crippen LogP contribution in [0.5, 0.6) is 0 Å². The van der Waals surface area contributed by atoms with E-state index in [1.54, 1.807) is 0 Å². The normalized spacial score (nSPS) is 21.3. The van der Waals surface area contributed by atoms with Crippen LogP contribution in [0, 0.1) is 0 Å². The van der Waals surface area contributed by atoms with Crippen LogP contribution in [0.3, 0.4) is 0 Å². The lowest BCUT2D eigenvalue weighted by Crippen LogP contribution is -2.36. The average Bonchev–Trinajstić information content (AvgIpc) is 2.28. The minimum Gasteiger partial charge on any atom is -0.464 e. The molecule has 0 bridgehead atoms. The van der Waals surface area contributed by atoms with E-state index in [-0.39, 0.29) is 18.7 Å². The summed E-state index contributed by atoms with van der Waals surface area (Å²) in [6.07, 6.45) is 4.31. The number of rotatable bonds is 6. The zero-order chi connectivity index (χ0) is 10.9. The number of esters is 1. The first-order valence-electron chi connectivity index (χ1n) is 5.81. The second-order valence-corrected chi connectivity index (χ2v) is 3.85. The van der Waals surface area contributed by atoms with E-state index in [1.807, 2.05) is 0 Å². The Hall–Kier alpha value is -0.610. The number of nitrogens with one attached hydrogen (secondary N) is 1. The highest BCUT2D eigenvalue weighted by molar-refractivity contribution is 5.70. The van der Waals surface area contributed by atoms with Crippen molar-refractivity contribution in [3.05, 3.63) is 0 Å². The van der Waals surface area contributed by atoms with Crippen molar-refractivity contribution in [2.24, 2.45) is 0 Å². The van der Waals surface area contributed by atoms with Crippen molar-refractivity contribution in [2.45, 2.75) is 38.7 Å². The summed E-state index contributed by atoms with van der Waals surface area (Å²) in [5.74, 6) is -0.242. The van der Waals surface area contributed by atoms with Gasteiger partial charge in [-0.1, -0.05) is 13.3 Å². The Morgan fingerprint density at radius 3 is 3.07 bits per heavy atom. The topological polar surface area (TPSA) is 47.6 Å². The molecule has 15 heavy (non-hydrogen) atoms. The van der Waals surface area contributed by atoms with Crippen LogP contribution in [-0.4, -0.2) is 38.4 Å². The highest BCUT2D eigenvalue weighted by Gasteiger charge is 2.14. The highest BCUT2D eigenvalue weighted by Crippen LogP contribution is 2.05. The van der Waals surface area contributed by atoms with Crippen LogP contribution in [0.1, 0.15) is 32.6 Å². The Morgan fingerprint density at radius 2 is 2.40 bits per heavy atom. The Bertz CT molecular complexity index is 179. The van der Waals surface area contributed by atoms with Crippen molar-refractivity contribution >= 4 is 5.97 Å². The smallest absolute Gasteiger partial charge is 0.332 e. The SMILES string of the molecule is CCCCOC(=O)COC1CCCNC1. The average molecular weight is 215 g/mol. The predicted molar refractivity (Wildman–Crippen MR) is 57.7 cm³/mol. The van der Waals surface area contributed by atoms with Crippen molar-refractivity contribution < 1.29 is 14.3 Å². The molecule has 88 valence electrons. The molecule has 0 spiro atoms. The molecule has 0 aromatic rings. The fraction of sp³-hybridized carbons (Fsp3) is 0.909. The summed E-state index contributed by atoms with van der Waals surface area (Å²) in [4.78, 5) is 11.2. The third-order valence-corrected chi connectivity index (χ3v) is 2.45. The third kappa shape index (κ3) is 5.74. The van der Waals surface area contributed by atoms with E-state index in [0.717, 1.165) is 38.8 Å². The maximum Gasteiger partial charge on any atom is 0.332 e. The van der Waals surface area contributed by atoms with Gasteiger partial charge in [0.2, 0.25) is 0 Å². The minimum atomic E-state index is -0.242. The minimum absolute atomic E-state index is 0.0933. The molecule has 1 aliphatic heterocycles. The molecule has 0 aromatic heterocycles. The molecule has 1 saturated heterocycles. The summed E-state index contributed by atoms with van der Waals surface area (Å²) in [5, 5.41) is 3.23. The predicted octanol–water partition coefficient (Wildman–Crippen LogP) is 1.10. The molecule has 0 radical (unpaired) electrons. The molecule has 1 unspecified atom stereocenters. The van der Waals surface area contributed by atoms with Crippen LogP contribution in [0.2, 0.25) is 0 Å². The maximum atomic E-state index is 11.2. The fourth-order valence-corrected chi connectivity index (χ4v) is 1.52. The molecule has 1 rings (SSSR count). The molecular formula is C11H21NO3. The first-order valence-corrected chi connectivity index (χ1v) is 5.81. The summed E-state index contributed by atoms with van der Waals surface area (Å²) in [5.41, 5.74) is 0. The molecule has 1 heterocycles. The summed E-state index contributed by atoms with van der Waals surface area (Å²) < 4.78 is 10.4. The highest BCUT2D eigenvalue weighted by atomic mass is 16.6. The van der Waals surface area contributed by atoms with Crippen molar-refractivity contribution in [1.29, 1.82) is 0 Å². The third-order valence-electron chi connectivity index (χ3n) is 2.45. The lowest BCUT2D eigenvalue weighted by Gasteiger charge is -2.22. The van der Waals surface area contributed by atoms with Crippen molar-refractivity contribution in [2.75, 3.05) is 26.3 Å². The maximum absolute atomic E-state index is 11.2. The van der Waals surface area contributed by atoms with E-state index in [0.29, 0.717) is 6.61 Å². The molecule has 0 aromatic carbocycles. The van der Waals surface area contributed by atoms with Crippen LogP contribution in [-0.2, 0) is 14.3 Å². The number of piperidine rings is 1. The second-order valence-electron chi connectivity index (χ2n) is 3.85.